The molecule has 4 aromatic carbocycles. The molecule has 4 aromatic heterocycles. The number of primary amides is 2. The van der Waals surface area contributed by atoms with Crippen LogP contribution in [0.1, 0.15) is 60.0 Å². The van der Waals surface area contributed by atoms with Crippen LogP contribution in [0.3, 0.4) is 0 Å². The first-order chi connectivity index (χ1) is 39.3. The Bertz CT molecular complexity index is 3600. The van der Waals surface area contributed by atoms with Crippen molar-refractivity contribution >= 4 is 29.7 Å². The molecule has 4 atom stereocenters. The van der Waals surface area contributed by atoms with Gasteiger partial charge in [0.15, 0.2) is 23.3 Å². The maximum atomic E-state index is 13.5. The molecule has 2 aliphatic carbocycles. The van der Waals surface area contributed by atoms with E-state index in [-0.39, 0.29) is 52.2 Å². The number of halogens is 2. The smallest absolute Gasteiger partial charge is 0.298 e. The number of amides is 2. The van der Waals surface area contributed by atoms with Crippen LogP contribution < -0.4 is 43.4 Å². The number of carbonyl (C=O) groups excluding carboxylic acids is 3. The average molecular weight is 1100 g/mol. The van der Waals surface area contributed by atoms with E-state index in [1.165, 1.54) is 34.4 Å². The number of aryl methyl sites for hydroxylation is 2. The molecule has 12 rings (SSSR count). The van der Waals surface area contributed by atoms with Gasteiger partial charge in [0.05, 0.1) is 23.2 Å². The van der Waals surface area contributed by atoms with Crippen molar-refractivity contribution in [3.05, 3.63) is 201 Å². The van der Waals surface area contributed by atoms with Gasteiger partial charge in [-0.2, -0.15) is 0 Å². The van der Waals surface area contributed by atoms with E-state index in [2.05, 4.69) is 30.2 Å². The Labute approximate surface area is 465 Å². The summed E-state index contributed by atoms with van der Waals surface area (Å²) < 4.78 is 28.8. The van der Waals surface area contributed by atoms with Gasteiger partial charge >= 0.3 is 0 Å². The van der Waals surface area contributed by atoms with Gasteiger partial charge < -0.3 is 37.1 Å². The molecule has 0 radical (unpaired) electrons. The third-order valence-electron chi connectivity index (χ3n) is 14.7. The highest BCUT2D eigenvalue weighted by atomic mass is 19.1. The topological polar surface area (TPSA) is 269 Å². The molecule has 0 bridgehead atoms. The number of nitrogens with one attached hydrogen (secondary N) is 1. The predicted molar refractivity (Wildman–Crippen MR) is 302 cm³/mol. The molecule has 6 heterocycles. The van der Waals surface area contributed by atoms with Gasteiger partial charge in [0.2, 0.25) is 11.8 Å². The number of anilines is 2. The van der Waals surface area contributed by atoms with E-state index in [1.807, 2.05) is 77.7 Å². The molecule has 81 heavy (non-hydrogen) atoms. The summed E-state index contributed by atoms with van der Waals surface area (Å²) in [7, 11) is 0. The minimum atomic E-state index is -0.387. The van der Waals surface area contributed by atoms with Crippen molar-refractivity contribution in [3.8, 4) is 34.2 Å². The molecular weight excluding hydrogens is 1030 g/mol. The van der Waals surface area contributed by atoms with Crippen molar-refractivity contribution in [1.82, 2.24) is 44.4 Å². The van der Waals surface area contributed by atoms with Crippen molar-refractivity contribution in [2.24, 2.45) is 29.0 Å². The summed E-state index contributed by atoms with van der Waals surface area (Å²) in [5.41, 5.74) is 22.7. The zero-order valence-electron chi connectivity index (χ0n) is 44.2. The van der Waals surface area contributed by atoms with E-state index in [0.717, 1.165) is 54.5 Å². The Morgan fingerprint density at radius 3 is 1.42 bits per heavy atom. The second kappa shape index (κ2) is 24.9. The summed E-state index contributed by atoms with van der Waals surface area (Å²) in [5, 5.41) is 3.58. The Morgan fingerprint density at radius 1 is 0.593 bits per heavy atom. The molecule has 414 valence electrons. The largest absolute Gasteiger partial charge is 0.369 e. The van der Waals surface area contributed by atoms with Gasteiger partial charge in [-0.05, 0) is 135 Å². The van der Waals surface area contributed by atoms with Crippen LogP contribution in [0.15, 0.2) is 156 Å². The van der Waals surface area contributed by atoms with E-state index in [4.69, 9.17) is 22.2 Å². The Kier molecular flexibility index (Phi) is 16.9. The van der Waals surface area contributed by atoms with E-state index in [0.29, 0.717) is 104 Å². The number of aldehydes is 1. The molecule has 2 saturated carbocycles. The molecule has 4 aliphatic rings. The summed E-state index contributed by atoms with van der Waals surface area (Å²) in [6.07, 6.45) is 15.3. The summed E-state index contributed by atoms with van der Waals surface area (Å²) in [6, 6.07) is 32.4. The van der Waals surface area contributed by atoms with Gasteiger partial charge in [-0.15, -0.1) is 0 Å². The predicted octanol–water partition coefficient (Wildman–Crippen LogP) is 5.21. The van der Waals surface area contributed by atoms with Crippen LogP contribution in [0.5, 0.6) is 0 Å². The average Bonchev–Trinajstić information content (AvgIpc) is 4.47. The molecule has 4 fully saturated rings. The number of nitrogens with two attached hydrogens (primary N) is 3. The van der Waals surface area contributed by atoms with Crippen molar-refractivity contribution in [2.75, 3.05) is 42.5 Å². The molecular formula is C60H60F2N14O5. The fraction of sp³-hybridized carbons (Fsp3) is 0.283. The zero-order chi connectivity index (χ0) is 56.6. The summed E-state index contributed by atoms with van der Waals surface area (Å²) in [4.78, 5) is 90.0. The molecule has 19 nitrogen and oxygen atoms in total. The van der Waals surface area contributed by atoms with Gasteiger partial charge in [-0.1, -0.05) is 24.3 Å². The second-order valence-corrected chi connectivity index (χ2v) is 20.5. The van der Waals surface area contributed by atoms with Gasteiger partial charge in [0.1, 0.15) is 17.9 Å². The first-order valence-corrected chi connectivity index (χ1v) is 26.8. The number of nitrogens with zero attached hydrogens (tertiary/aromatic N) is 10. The van der Waals surface area contributed by atoms with Crippen LogP contribution in [-0.4, -0.2) is 102 Å². The monoisotopic (exact) mass is 1090 g/mol. The minimum Gasteiger partial charge on any atom is -0.369 e. The summed E-state index contributed by atoms with van der Waals surface area (Å²) >= 11 is 0. The molecule has 2 aliphatic heterocycles. The number of aromatic nitrogens is 8. The van der Waals surface area contributed by atoms with Crippen molar-refractivity contribution in [1.29, 1.82) is 0 Å². The number of rotatable bonds is 18. The summed E-state index contributed by atoms with van der Waals surface area (Å²) in [6.45, 7) is 2.30. The lowest BCUT2D eigenvalue weighted by molar-refractivity contribution is -0.123. The van der Waals surface area contributed by atoms with E-state index >= 15 is 0 Å². The third kappa shape index (κ3) is 13.5. The number of hydrogen-bond donors (Lipinski definition) is 4. The highest BCUT2D eigenvalue weighted by Gasteiger charge is 2.38. The van der Waals surface area contributed by atoms with E-state index < -0.39 is 0 Å². The fourth-order valence-electron chi connectivity index (χ4n) is 9.76. The van der Waals surface area contributed by atoms with Gasteiger partial charge in [-0.25, -0.2) is 38.7 Å². The number of benzene rings is 4. The lowest BCUT2D eigenvalue weighted by Crippen LogP contribution is -2.54. The molecule has 0 unspecified atom stereocenters. The highest BCUT2D eigenvalue weighted by Crippen LogP contribution is 2.41. The van der Waals surface area contributed by atoms with Crippen molar-refractivity contribution in [2.45, 2.75) is 62.4 Å². The van der Waals surface area contributed by atoms with Crippen molar-refractivity contribution in [3.63, 3.8) is 0 Å². The fourth-order valence-corrected chi connectivity index (χ4v) is 9.76. The van der Waals surface area contributed by atoms with Gasteiger partial charge in [0, 0.05) is 116 Å². The molecule has 0 spiro atoms. The van der Waals surface area contributed by atoms with Crippen LogP contribution in [0.25, 0.3) is 34.2 Å². The summed E-state index contributed by atoms with van der Waals surface area (Å²) in [5.74, 6) is 0.981. The van der Waals surface area contributed by atoms with Gasteiger partial charge in [0.25, 0.3) is 11.1 Å². The molecule has 2 saturated heterocycles. The standard InChI is InChI=1S/C30H30FN7O2.C21H20N6O3.C9H10FN/c31-22-8-4-19(5-9-22)25-15-26(25)33-12-1-3-23-18-38(30(40)29(36-23)37-16-21(17-37)27(32)39)24-10-6-20(7-11-24)28-34-13-2-14-35-28;22-18(29)15-11-26(12-15)20-21(30)27(13-16(25-20)3-1-10-28)17-6-4-14(5-7-17)19-23-8-2-9-24-19;10-7-3-1-6(2-4-7)8-5-9(8)11/h2,4-11,13-14,18,21,25-26,33H,1,3,12,15-17H2,(H2,32,39);2,4-10,13,15H,1,3,11-12H2,(H2,22,29);1-4,8-9H,5,11H2/t25-,26+;;8-,9+/m0.0/s1. The van der Waals surface area contributed by atoms with E-state index in [9.17, 15) is 32.8 Å². The SMILES string of the molecule is NC(=O)C1CN(c2nc(CCC=O)cn(-c3ccc(-c4ncccn4)cc3)c2=O)C1.NC(=O)C1CN(c2nc(CCCN[C@@H]3C[C@H]3c3ccc(F)cc3)cn(-c3ccc(-c4ncccn4)cc3)c2=O)C1.N[C@@H]1C[C@H]1c1ccc(F)cc1. The second-order valence-electron chi connectivity index (χ2n) is 20.5. The Hall–Kier alpha value is -9.21. The minimum absolute atomic E-state index is 0.178. The first-order valence-electron chi connectivity index (χ1n) is 26.8. The molecule has 21 heteroatoms. The zero-order valence-corrected chi connectivity index (χ0v) is 44.2. The Balaban J connectivity index is 0.000000157. The lowest BCUT2D eigenvalue weighted by atomic mass is 10.00. The van der Waals surface area contributed by atoms with Crippen LogP contribution in [0.4, 0.5) is 20.4 Å². The van der Waals surface area contributed by atoms with Crippen LogP contribution in [0.2, 0.25) is 0 Å². The quantitative estimate of drug-likeness (QED) is 0.0635. The van der Waals surface area contributed by atoms with Crippen LogP contribution in [-0.2, 0) is 27.2 Å². The Morgan fingerprint density at radius 2 is 1.01 bits per heavy atom. The van der Waals surface area contributed by atoms with Crippen LogP contribution in [0, 0.1) is 23.5 Å². The van der Waals surface area contributed by atoms with Crippen molar-refractivity contribution < 1.29 is 23.2 Å². The van der Waals surface area contributed by atoms with Gasteiger partial charge in [-0.3, -0.25) is 28.3 Å². The molecule has 2 amide bonds. The van der Waals surface area contributed by atoms with E-state index in [1.54, 1.807) is 58.8 Å². The molecule has 8 aromatic rings. The number of carbonyl (C=O) groups is 3. The maximum Gasteiger partial charge on any atom is 0.298 e. The highest BCUT2D eigenvalue weighted by molar-refractivity contribution is 5.80. The first kappa shape index (κ1) is 55.1. The molecule has 7 N–H and O–H groups in total. The maximum absolute atomic E-state index is 13.5. The lowest BCUT2D eigenvalue weighted by Gasteiger charge is -2.38. The van der Waals surface area contributed by atoms with Crippen LogP contribution >= 0.6 is 0 Å². The normalized spacial score (nSPS) is 18.0. The third-order valence-corrected chi connectivity index (χ3v) is 14.7. The number of hydrogen-bond acceptors (Lipinski definition) is 15.